The first-order valence-corrected chi connectivity index (χ1v) is 18.6. The van der Waals surface area contributed by atoms with Gasteiger partial charge in [-0.25, -0.2) is 16.8 Å². The van der Waals surface area contributed by atoms with Gasteiger partial charge in [-0.3, -0.25) is 23.7 Å². The first-order chi connectivity index (χ1) is 21.7. The van der Waals surface area contributed by atoms with Crippen LogP contribution >= 0.6 is 0 Å². The van der Waals surface area contributed by atoms with Crippen LogP contribution in [0.15, 0.2) is 92.7 Å². The third-order valence-electron chi connectivity index (χ3n) is 8.07. The molecule has 0 saturated heterocycles. The lowest BCUT2D eigenvalue weighted by Gasteiger charge is -2.31. The minimum Gasteiger partial charge on any atom is -0.510 e. The number of carbonyl (C=O) groups excluding carboxylic acids is 4. The number of sulfone groups is 2. The number of carbonyl (C=O) groups is 4. The van der Waals surface area contributed by atoms with Crippen molar-refractivity contribution in [2.24, 2.45) is 23.7 Å². The summed E-state index contributed by atoms with van der Waals surface area (Å²) < 4.78 is 78.3. The van der Waals surface area contributed by atoms with Crippen LogP contribution in [0.4, 0.5) is 0 Å². The van der Waals surface area contributed by atoms with E-state index in [2.05, 4.69) is 0 Å². The van der Waals surface area contributed by atoms with Gasteiger partial charge >= 0.3 is 0 Å². The molecule has 0 aromatic heterocycles. The van der Waals surface area contributed by atoms with Crippen molar-refractivity contribution in [1.29, 1.82) is 0 Å². The summed E-state index contributed by atoms with van der Waals surface area (Å²) in [5.41, 5.74) is -0.00803. The molecule has 246 valence electrons. The summed E-state index contributed by atoms with van der Waals surface area (Å²) in [6.45, 7) is 0. The van der Waals surface area contributed by atoms with Crippen LogP contribution in [0.1, 0.15) is 41.4 Å². The standard InChI is InChI=1S/C15H12O8S2.C15H12O6S/c1-24(19,20)11-5-4-9-12(15(11)18)14(17)8-3-2-7(25(21,22)23)6-10(8)13(9)16;1-22(20,21)10-6-9-11(15(19)14(10)18)13(17)8-5-3-2-4-7(8)12(9)16/h2-6,9,12,18H,1H3,(H,21,22,23);2-6,9,11,18-19H,1H3. The number of allylic oxidation sites excluding steroid dienone is 5. The second kappa shape index (κ2) is 11.2. The number of Topliss-reactive ketones (excluding diaryl/α,β-unsaturated/α-hetero) is 4. The van der Waals surface area contributed by atoms with Crippen LogP contribution in [0.3, 0.4) is 0 Å². The Morgan fingerprint density at radius 2 is 1.13 bits per heavy atom. The summed E-state index contributed by atoms with van der Waals surface area (Å²) >= 11 is 0. The van der Waals surface area contributed by atoms with Gasteiger partial charge in [0.1, 0.15) is 21.3 Å². The predicted octanol–water partition coefficient (Wildman–Crippen LogP) is 2.50. The molecule has 2 aromatic carbocycles. The maximum atomic E-state index is 12.7. The molecular formula is C30H24O14S3. The predicted molar refractivity (Wildman–Crippen MR) is 163 cm³/mol. The topological polar surface area (TPSA) is 252 Å². The molecule has 17 heteroatoms. The largest absolute Gasteiger partial charge is 0.510 e. The molecule has 0 bridgehead atoms. The number of ketones is 4. The van der Waals surface area contributed by atoms with Gasteiger partial charge in [-0.05, 0) is 30.4 Å². The van der Waals surface area contributed by atoms with Crippen LogP contribution in [0, 0.1) is 23.7 Å². The quantitative estimate of drug-likeness (QED) is 0.335. The van der Waals surface area contributed by atoms with Gasteiger partial charge in [-0.2, -0.15) is 8.42 Å². The lowest BCUT2D eigenvalue weighted by molar-refractivity contribution is 0.0747. The third-order valence-corrected chi connectivity index (χ3v) is 11.2. The van der Waals surface area contributed by atoms with E-state index in [1.54, 1.807) is 12.1 Å². The molecule has 0 aliphatic heterocycles. The monoisotopic (exact) mass is 704 g/mol. The summed E-state index contributed by atoms with van der Waals surface area (Å²) in [6, 6.07) is 9.03. The summed E-state index contributed by atoms with van der Waals surface area (Å²) in [7, 11) is -12.2. The van der Waals surface area contributed by atoms with E-state index in [0.29, 0.717) is 0 Å². The van der Waals surface area contributed by atoms with Gasteiger partial charge in [0.25, 0.3) is 10.1 Å². The Bertz CT molecular complexity index is 2290. The zero-order chi connectivity index (χ0) is 35.0. The molecule has 0 spiro atoms. The van der Waals surface area contributed by atoms with E-state index < -0.39 is 109 Å². The lowest BCUT2D eigenvalue weighted by Crippen LogP contribution is -2.39. The molecule has 0 saturated carbocycles. The number of aliphatic hydroxyl groups is 3. The van der Waals surface area contributed by atoms with Crippen LogP contribution in [0.2, 0.25) is 0 Å². The molecule has 14 nitrogen and oxygen atoms in total. The molecule has 2 aromatic rings. The van der Waals surface area contributed by atoms with Gasteiger partial charge in [0, 0.05) is 34.8 Å². The van der Waals surface area contributed by atoms with Gasteiger partial charge in [0.15, 0.2) is 48.6 Å². The average Bonchev–Trinajstić information content (AvgIpc) is 2.98. The first kappa shape index (κ1) is 33.6. The molecule has 6 rings (SSSR count). The van der Waals surface area contributed by atoms with Crippen molar-refractivity contribution < 1.29 is 64.3 Å². The number of fused-ring (bicyclic) bond motifs is 4. The van der Waals surface area contributed by atoms with E-state index in [4.69, 9.17) is 4.55 Å². The molecule has 0 fully saturated rings. The van der Waals surface area contributed by atoms with E-state index in [1.807, 2.05) is 0 Å². The Morgan fingerprint density at radius 3 is 1.66 bits per heavy atom. The molecule has 0 heterocycles. The van der Waals surface area contributed by atoms with E-state index in [0.717, 1.165) is 42.9 Å². The molecule has 4 unspecified atom stereocenters. The van der Waals surface area contributed by atoms with Crippen molar-refractivity contribution in [1.82, 2.24) is 0 Å². The van der Waals surface area contributed by atoms with Gasteiger partial charge in [-0.1, -0.05) is 30.3 Å². The highest BCUT2D eigenvalue weighted by atomic mass is 32.2. The fourth-order valence-electron chi connectivity index (χ4n) is 5.86. The number of hydrogen-bond acceptors (Lipinski definition) is 13. The second-order valence-electron chi connectivity index (χ2n) is 11.1. The van der Waals surface area contributed by atoms with Gasteiger partial charge < -0.3 is 15.3 Å². The molecule has 4 atom stereocenters. The van der Waals surface area contributed by atoms with Gasteiger partial charge in [0.2, 0.25) is 0 Å². The summed E-state index contributed by atoms with van der Waals surface area (Å²) in [6.07, 6.45) is 5.01. The fourth-order valence-corrected chi connectivity index (χ4v) is 8.04. The Morgan fingerprint density at radius 1 is 0.617 bits per heavy atom. The van der Waals surface area contributed by atoms with Crippen molar-refractivity contribution in [3.63, 3.8) is 0 Å². The Balaban J connectivity index is 0.000000186. The van der Waals surface area contributed by atoms with Gasteiger partial charge in [0.05, 0.1) is 28.6 Å². The highest BCUT2D eigenvalue weighted by Gasteiger charge is 2.48. The average molecular weight is 705 g/mol. The highest BCUT2D eigenvalue weighted by molar-refractivity contribution is 7.95. The van der Waals surface area contributed by atoms with Crippen LogP contribution in [-0.2, 0) is 29.8 Å². The molecule has 0 radical (unpaired) electrons. The molecule has 4 aliphatic carbocycles. The SMILES string of the molecule is CS(=O)(=O)C1=C(O)C2C(=O)c3ccc(S(=O)(=O)O)cc3C(=O)C2C=C1.CS(=O)(=O)C1=CC2C(=O)c3ccccc3C(=O)C2C(O)=C1O. The molecule has 0 amide bonds. The number of benzene rings is 2. The summed E-state index contributed by atoms with van der Waals surface area (Å²) in [4.78, 5) is 48.7. The van der Waals surface area contributed by atoms with Crippen LogP contribution in [0.5, 0.6) is 0 Å². The van der Waals surface area contributed by atoms with E-state index in [9.17, 15) is 59.8 Å². The second-order valence-corrected chi connectivity index (χ2v) is 16.5. The minimum absolute atomic E-state index is 0.145. The molecule has 4 aliphatic rings. The lowest BCUT2D eigenvalue weighted by atomic mass is 9.71. The Kier molecular flexibility index (Phi) is 8.03. The Labute approximate surface area is 267 Å². The maximum Gasteiger partial charge on any atom is 0.294 e. The van der Waals surface area contributed by atoms with E-state index in [-0.39, 0.29) is 22.3 Å². The van der Waals surface area contributed by atoms with Crippen LogP contribution < -0.4 is 0 Å². The normalized spacial score (nSPS) is 24.0. The highest BCUT2D eigenvalue weighted by Crippen LogP contribution is 2.42. The Hall–Kier alpha value is -4.71. The zero-order valence-corrected chi connectivity index (χ0v) is 26.6. The number of rotatable bonds is 3. The zero-order valence-electron chi connectivity index (χ0n) is 24.2. The van der Waals surface area contributed by atoms with Crippen molar-refractivity contribution in [3.8, 4) is 0 Å². The van der Waals surface area contributed by atoms with Crippen molar-refractivity contribution in [2.75, 3.05) is 12.5 Å². The van der Waals surface area contributed by atoms with Crippen molar-refractivity contribution in [3.05, 3.63) is 110 Å². The minimum atomic E-state index is -4.56. The fraction of sp³-hybridized carbons (Fsp3) is 0.200. The smallest absolute Gasteiger partial charge is 0.294 e. The number of aliphatic hydroxyl groups excluding tert-OH is 3. The number of hydrogen-bond donors (Lipinski definition) is 4. The molecular weight excluding hydrogens is 681 g/mol. The van der Waals surface area contributed by atoms with Gasteiger partial charge in [-0.15, -0.1) is 0 Å². The van der Waals surface area contributed by atoms with Crippen LogP contribution in [-0.4, -0.2) is 80.8 Å². The van der Waals surface area contributed by atoms with Crippen molar-refractivity contribution >= 4 is 52.9 Å². The first-order valence-electron chi connectivity index (χ1n) is 13.4. The van der Waals surface area contributed by atoms with E-state index >= 15 is 0 Å². The summed E-state index contributed by atoms with van der Waals surface area (Å²) in [5.74, 6) is -9.65. The van der Waals surface area contributed by atoms with Crippen molar-refractivity contribution in [2.45, 2.75) is 4.90 Å². The van der Waals surface area contributed by atoms with Crippen LogP contribution in [0.25, 0.3) is 0 Å². The summed E-state index contributed by atoms with van der Waals surface area (Å²) in [5, 5.41) is 30.2. The third kappa shape index (κ3) is 5.64. The maximum absolute atomic E-state index is 12.7. The molecule has 4 N–H and O–H groups in total. The van der Waals surface area contributed by atoms with E-state index in [1.165, 1.54) is 18.2 Å². The molecule has 47 heavy (non-hydrogen) atoms.